The standard InChI is InChI=1S/C21H24N2O3/c1-3-16-8-4-7-15(2)21(16)22-19(24)14-26-18-10-5-9-17(13-18)23-12-6-11-20(23)25/h4-5,7-10,13H,3,6,11-12,14H2,1-2H3,(H,22,24). The Bertz CT molecular complexity index is 817. The number of ether oxygens (including phenoxy) is 1. The van der Waals surface area contributed by atoms with Crippen LogP contribution in [0.3, 0.4) is 0 Å². The first-order valence-electron chi connectivity index (χ1n) is 9.00. The van der Waals surface area contributed by atoms with E-state index in [4.69, 9.17) is 4.74 Å². The summed E-state index contributed by atoms with van der Waals surface area (Å²) in [5.41, 5.74) is 3.82. The molecule has 1 N–H and O–H groups in total. The van der Waals surface area contributed by atoms with Crippen molar-refractivity contribution in [2.45, 2.75) is 33.1 Å². The summed E-state index contributed by atoms with van der Waals surface area (Å²) in [5, 5.41) is 2.95. The van der Waals surface area contributed by atoms with Crippen LogP contribution in [0.4, 0.5) is 11.4 Å². The third-order valence-corrected chi connectivity index (χ3v) is 4.58. The van der Waals surface area contributed by atoms with Gasteiger partial charge in [-0.2, -0.15) is 0 Å². The number of carbonyl (C=O) groups excluding carboxylic acids is 2. The third-order valence-electron chi connectivity index (χ3n) is 4.58. The van der Waals surface area contributed by atoms with Crippen molar-refractivity contribution in [1.82, 2.24) is 0 Å². The second kappa shape index (κ2) is 8.04. The Morgan fingerprint density at radius 1 is 1.23 bits per heavy atom. The van der Waals surface area contributed by atoms with Gasteiger partial charge < -0.3 is 15.0 Å². The summed E-state index contributed by atoms with van der Waals surface area (Å²) in [5.74, 6) is 0.515. The van der Waals surface area contributed by atoms with Crippen molar-refractivity contribution in [3.05, 3.63) is 53.6 Å². The third kappa shape index (κ3) is 4.04. The maximum atomic E-state index is 12.3. The minimum absolute atomic E-state index is 0.0745. The van der Waals surface area contributed by atoms with Gasteiger partial charge in [0.25, 0.3) is 5.91 Å². The van der Waals surface area contributed by atoms with Crippen molar-refractivity contribution in [1.29, 1.82) is 0 Å². The molecule has 5 nitrogen and oxygen atoms in total. The Labute approximate surface area is 154 Å². The van der Waals surface area contributed by atoms with E-state index in [0.29, 0.717) is 12.2 Å². The highest BCUT2D eigenvalue weighted by atomic mass is 16.5. The molecule has 1 fully saturated rings. The lowest BCUT2D eigenvalue weighted by molar-refractivity contribution is -0.118. The van der Waals surface area contributed by atoms with E-state index in [1.54, 1.807) is 11.0 Å². The van der Waals surface area contributed by atoms with Crippen LogP contribution in [0.25, 0.3) is 0 Å². The summed E-state index contributed by atoms with van der Waals surface area (Å²) >= 11 is 0. The van der Waals surface area contributed by atoms with Crippen LogP contribution in [0.2, 0.25) is 0 Å². The number of para-hydroxylation sites is 1. The first-order chi connectivity index (χ1) is 12.6. The SMILES string of the molecule is CCc1cccc(C)c1NC(=O)COc1cccc(N2CCCC2=O)c1. The van der Waals surface area contributed by atoms with Crippen LogP contribution < -0.4 is 15.0 Å². The van der Waals surface area contributed by atoms with Gasteiger partial charge in [0, 0.05) is 30.4 Å². The molecule has 0 aliphatic carbocycles. The number of nitrogens with one attached hydrogen (secondary N) is 1. The molecule has 0 saturated carbocycles. The summed E-state index contributed by atoms with van der Waals surface area (Å²) in [6.45, 7) is 4.70. The molecule has 2 aromatic rings. The summed E-state index contributed by atoms with van der Waals surface area (Å²) in [4.78, 5) is 25.9. The van der Waals surface area contributed by atoms with Crippen LogP contribution in [0.5, 0.6) is 5.75 Å². The van der Waals surface area contributed by atoms with Crippen molar-refractivity contribution in [3.63, 3.8) is 0 Å². The second-order valence-electron chi connectivity index (χ2n) is 6.45. The first-order valence-corrected chi connectivity index (χ1v) is 9.00. The van der Waals surface area contributed by atoms with Crippen molar-refractivity contribution < 1.29 is 14.3 Å². The number of anilines is 2. The number of nitrogens with zero attached hydrogens (tertiary/aromatic N) is 1. The Morgan fingerprint density at radius 3 is 2.77 bits per heavy atom. The average Bonchev–Trinajstić information content (AvgIpc) is 3.08. The Morgan fingerprint density at radius 2 is 2.04 bits per heavy atom. The maximum Gasteiger partial charge on any atom is 0.262 e. The molecule has 1 aliphatic rings. The zero-order valence-electron chi connectivity index (χ0n) is 15.2. The molecule has 3 rings (SSSR count). The Kier molecular flexibility index (Phi) is 5.56. The minimum Gasteiger partial charge on any atom is -0.484 e. The van der Waals surface area contributed by atoms with Crippen molar-refractivity contribution in [2.24, 2.45) is 0 Å². The summed E-state index contributed by atoms with van der Waals surface area (Å²) < 4.78 is 5.64. The lowest BCUT2D eigenvalue weighted by atomic mass is 10.1. The Hall–Kier alpha value is -2.82. The highest BCUT2D eigenvalue weighted by Gasteiger charge is 2.21. The van der Waals surface area contributed by atoms with Crippen molar-refractivity contribution in [2.75, 3.05) is 23.4 Å². The number of hydrogen-bond acceptors (Lipinski definition) is 3. The second-order valence-corrected chi connectivity index (χ2v) is 6.45. The van der Waals surface area contributed by atoms with Crippen molar-refractivity contribution in [3.8, 4) is 5.75 Å². The molecule has 0 atom stereocenters. The van der Waals surface area contributed by atoms with Gasteiger partial charge in [-0.05, 0) is 43.0 Å². The fourth-order valence-electron chi connectivity index (χ4n) is 3.19. The van der Waals surface area contributed by atoms with Crippen molar-refractivity contribution >= 4 is 23.2 Å². The molecule has 0 bridgehead atoms. The van der Waals surface area contributed by atoms with Crippen LogP contribution in [0.1, 0.15) is 30.9 Å². The maximum absolute atomic E-state index is 12.3. The van der Waals surface area contributed by atoms with E-state index in [1.165, 1.54) is 0 Å². The fraction of sp³-hybridized carbons (Fsp3) is 0.333. The smallest absolute Gasteiger partial charge is 0.262 e. The fourth-order valence-corrected chi connectivity index (χ4v) is 3.19. The van der Waals surface area contributed by atoms with Crippen LogP contribution in [0.15, 0.2) is 42.5 Å². The van der Waals surface area contributed by atoms with Crippen LogP contribution in [-0.4, -0.2) is 25.0 Å². The van der Waals surface area contributed by atoms with E-state index < -0.39 is 0 Å². The lowest BCUT2D eigenvalue weighted by Crippen LogP contribution is -2.24. The zero-order chi connectivity index (χ0) is 18.5. The van der Waals surface area contributed by atoms with Gasteiger partial charge in [0.1, 0.15) is 5.75 Å². The molecule has 0 spiro atoms. The quantitative estimate of drug-likeness (QED) is 0.862. The van der Waals surface area contributed by atoms with Gasteiger partial charge in [0.2, 0.25) is 5.91 Å². The van der Waals surface area contributed by atoms with Gasteiger partial charge in [-0.25, -0.2) is 0 Å². The molecule has 1 saturated heterocycles. The lowest BCUT2D eigenvalue weighted by Gasteiger charge is -2.17. The molecule has 1 heterocycles. The van der Waals surface area contributed by atoms with Gasteiger partial charge in [-0.3, -0.25) is 9.59 Å². The first kappa shape index (κ1) is 18.0. The number of aryl methyl sites for hydroxylation is 2. The highest BCUT2D eigenvalue weighted by Crippen LogP contribution is 2.25. The highest BCUT2D eigenvalue weighted by molar-refractivity contribution is 5.95. The number of amides is 2. The monoisotopic (exact) mass is 352 g/mol. The molecular formula is C21H24N2O3. The molecule has 0 aromatic heterocycles. The summed E-state index contributed by atoms with van der Waals surface area (Å²) in [7, 11) is 0. The van der Waals surface area contributed by atoms with E-state index in [1.807, 2.05) is 43.3 Å². The molecule has 26 heavy (non-hydrogen) atoms. The number of hydrogen-bond donors (Lipinski definition) is 1. The average molecular weight is 352 g/mol. The van der Waals surface area contributed by atoms with Gasteiger partial charge in [-0.15, -0.1) is 0 Å². The van der Waals surface area contributed by atoms with Gasteiger partial charge in [0.15, 0.2) is 6.61 Å². The zero-order valence-corrected chi connectivity index (χ0v) is 15.2. The molecule has 1 aliphatic heterocycles. The number of benzene rings is 2. The topological polar surface area (TPSA) is 58.6 Å². The van der Waals surface area contributed by atoms with E-state index in [2.05, 4.69) is 12.2 Å². The van der Waals surface area contributed by atoms with E-state index in [9.17, 15) is 9.59 Å². The Balaban J connectivity index is 1.63. The summed E-state index contributed by atoms with van der Waals surface area (Å²) in [6.07, 6.45) is 2.32. The predicted octanol–water partition coefficient (Wildman–Crippen LogP) is 3.70. The number of carbonyl (C=O) groups is 2. The summed E-state index contributed by atoms with van der Waals surface area (Å²) in [6, 6.07) is 13.3. The molecule has 2 amide bonds. The molecule has 136 valence electrons. The molecule has 2 aromatic carbocycles. The predicted molar refractivity (Wildman–Crippen MR) is 103 cm³/mol. The normalized spacial score (nSPS) is 13.8. The molecule has 0 radical (unpaired) electrons. The largest absolute Gasteiger partial charge is 0.484 e. The minimum atomic E-state index is -0.198. The van der Waals surface area contributed by atoms with E-state index >= 15 is 0 Å². The molecule has 0 unspecified atom stereocenters. The van der Waals surface area contributed by atoms with Gasteiger partial charge >= 0.3 is 0 Å². The van der Waals surface area contributed by atoms with Gasteiger partial charge in [0.05, 0.1) is 0 Å². The van der Waals surface area contributed by atoms with Gasteiger partial charge in [-0.1, -0.05) is 31.2 Å². The van der Waals surface area contributed by atoms with E-state index in [0.717, 1.165) is 41.9 Å². The molecular weight excluding hydrogens is 328 g/mol. The van der Waals surface area contributed by atoms with Crippen LogP contribution in [0, 0.1) is 6.92 Å². The van der Waals surface area contributed by atoms with Crippen LogP contribution in [-0.2, 0) is 16.0 Å². The molecule has 5 heteroatoms. The van der Waals surface area contributed by atoms with Crippen LogP contribution >= 0.6 is 0 Å². The number of rotatable bonds is 6. The van der Waals surface area contributed by atoms with E-state index in [-0.39, 0.29) is 18.4 Å².